The molecule has 0 fully saturated rings. The number of hydrogen-bond acceptors (Lipinski definition) is 5. The second kappa shape index (κ2) is 9.50. The largest absolute Gasteiger partial charge is 0.490 e. The third kappa shape index (κ3) is 5.41. The van der Waals surface area contributed by atoms with Crippen LogP contribution in [0.1, 0.15) is 24.4 Å². The van der Waals surface area contributed by atoms with Gasteiger partial charge in [0.15, 0.2) is 11.5 Å². The summed E-state index contributed by atoms with van der Waals surface area (Å²) in [5, 5.41) is 2.90. The Morgan fingerprint density at radius 1 is 1.12 bits per heavy atom. The van der Waals surface area contributed by atoms with E-state index in [0.717, 1.165) is 28.4 Å². The Kier molecular flexibility index (Phi) is 6.80. The molecule has 138 valence electrons. The number of thioether (sulfide) groups is 1. The molecule has 1 atom stereocenters. The van der Waals surface area contributed by atoms with Gasteiger partial charge < -0.3 is 20.5 Å². The van der Waals surface area contributed by atoms with Crippen LogP contribution in [-0.4, -0.2) is 31.4 Å². The summed E-state index contributed by atoms with van der Waals surface area (Å²) in [6.07, 6.45) is 1.34. The summed E-state index contributed by atoms with van der Waals surface area (Å²) < 4.78 is 11.3. The van der Waals surface area contributed by atoms with E-state index in [-0.39, 0.29) is 11.9 Å². The molecule has 26 heavy (non-hydrogen) atoms. The van der Waals surface area contributed by atoms with Crippen LogP contribution in [0.15, 0.2) is 53.4 Å². The highest BCUT2D eigenvalue weighted by Crippen LogP contribution is 2.33. The summed E-state index contributed by atoms with van der Waals surface area (Å²) in [4.78, 5) is 13.1. The molecule has 0 saturated carbocycles. The normalized spacial score (nSPS) is 14.3. The second-order valence-corrected chi connectivity index (χ2v) is 7.25. The number of hydrogen-bond donors (Lipinski definition) is 2. The zero-order valence-corrected chi connectivity index (χ0v) is 15.5. The molecular formula is C20H24N2O3S. The number of benzene rings is 2. The van der Waals surface area contributed by atoms with Gasteiger partial charge in [-0.3, -0.25) is 4.79 Å². The minimum atomic E-state index is -0.186. The van der Waals surface area contributed by atoms with Crippen molar-refractivity contribution >= 4 is 17.7 Å². The van der Waals surface area contributed by atoms with Crippen LogP contribution in [0.5, 0.6) is 11.5 Å². The maximum Gasteiger partial charge on any atom is 0.220 e. The van der Waals surface area contributed by atoms with Crippen LogP contribution >= 0.6 is 11.8 Å². The minimum absolute atomic E-state index is 0.0122. The van der Waals surface area contributed by atoms with Crippen LogP contribution in [0, 0.1) is 0 Å². The summed E-state index contributed by atoms with van der Waals surface area (Å²) in [6.45, 7) is 1.80. The van der Waals surface area contributed by atoms with E-state index in [1.165, 1.54) is 0 Å². The van der Waals surface area contributed by atoms with Crippen molar-refractivity contribution in [1.82, 2.24) is 5.32 Å². The van der Waals surface area contributed by atoms with Gasteiger partial charge in [0, 0.05) is 36.1 Å². The van der Waals surface area contributed by atoms with Crippen LogP contribution < -0.4 is 20.5 Å². The summed E-state index contributed by atoms with van der Waals surface area (Å²) in [7, 11) is 0. The van der Waals surface area contributed by atoms with Crippen molar-refractivity contribution in [1.29, 1.82) is 0 Å². The molecule has 1 heterocycles. The Labute approximate surface area is 158 Å². The van der Waals surface area contributed by atoms with Crippen molar-refractivity contribution in [3.63, 3.8) is 0 Å². The van der Waals surface area contributed by atoms with Gasteiger partial charge in [0.05, 0.1) is 13.2 Å². The monoisotopic (exact) mass is 372 g/mol. The van der Waals surface area contributed by atoms with Gasteiger partial charge in [-0.25, -0.2) is 0 Å². The predicted octanol–water partition coefficient (Wildman–Crippen LogP) is 3.15. The first kappa shape index (κ1) is 18.6. The van der Waals surface area contributed by atoms with Gasteiger partial charge in [-0.2, -0.15) is 0 Å². The lowest BCUT2D eigenvalue weighted by Gasteiger charge is -2.13. The van der Waals surface area contributed by atoms with Gasteiger partial charge in [0.2, 0.25) is 5.91 Å². The van der Waals surface area contributed by atoms with E-state index in [1.54, 1.807) is 11.8 Å². The van der Waals surface area contributed by atoms with Gasteiger partial charge in [-0.05, 0) is 23.8 Å². The average molecular weight is 372 g/mol. The molecule has 2 aromatic carbocycles. The second-order valence-electron chi connectivity index (χ2n) is 6.08. The van der Waals surface area contributed by atoms with Crippen LogP contribution in [-0.2, 0) is 4.79 Å². The Bertz CT molecular complexity index is 724. The topological polar surface area (TPSA) is 73.6 Å². The number of amides is 1. The first-order valence-electron chi connectivity index (χ1n) is 8.82. The van der Waals surface area contributed by atoms with E-state index >= 15 is 0 Å². The molecule has 2 aromatic rings. The first-order valence-corrected chi connectivity index (χ1v) is 9.80. The molecule has 0 aromatic heterocycles. The fourth-order valence-corrected chi connectivity index (χ4v) is 3.50. The molecule has 3 rings (SSSR count). The Morgan fingerprint density at radius 3 is 2.69 bits per heavy atom. The van der Waals surface area contributed by atoms with Gasteiger partial charge in [-0.1, -0.05) is 30.3 Å². The van der Waals surface area contributed by atoms with E-state index < -0.39 is 0 Å². The van der Waals surface area contributed by atoms with E-state index in [9.17, 15) is 4.79 Å². The number of nitrogens with one attached hydrogen (secondary N) is 1. The van der Waals surface area contributed by atoms with E-state index in [1.807, 2.05) is 48.5 Å². The predicted molar refractivity (Wildman–Crippen MR) is 104 cm³/mol. The molecule has 1 unspecified atom stereocenters. The Balaban J connectivity index is 1.40. The highest BCUT2D eigenvalue weighted by atomic mass is 32.2. The van der Waals surface area contributed by atoms with E-state index in [2.05, 4.69) is 5.32 Å². The Morgan fingerprint density at radius 2 is 1.88 bits per heavy atom. The van der Waals surface area contributed by atoms with Crippen LogP contribution in [0.25, 0.3) is 0 Å². The van der Waals surface area contributed by atoms with Crippen LogP contribution in [0.2, 0.25) is 0 Å². The minimum Gasteiger partial charge on any atom is -0.490 e. The molecule has 0 radical (unpaired) electrons. The first-order chi connectivity index (χ1) is 12.7. The van der Waals surface area contributed by atoms with Crippen LogP contribution in [0.4, 0.5) is 0 Å². The fraction of sp³-hybridized carbons (Fsp3) is 0.350. The third-order valence-corrected chi connectivity index (χ3v) is 5.06. The summed E-state index contributed by atoms with van der Waals surface area (Å²) in [6, 6.07) is 15.5. The lowest BCUT2D eigenvalue weighted by Crippen LogP contribution is -2.32. The molecule has 3 N–H and O–H groups in total. The van der Waals surface area contributed by atoms with Crippen molar-refractivity contribution in [2.45, 2.75) is 23.8 Å². The number of rotatable bonds is 7. The molecule has 1 aliphatic rings. The van der Waals surface area contributed by atoms with Crippen molar-refractivity contribution in [3.05, 3.63) is 54.1 Å². The molecule has 0 spiro atoms. The lowest BCUT2D eigenvalue weighted by atomic mass is 10.1. The zero-order chi connectivity index (χ0) is 18.2. The zero-order valence-electron chi connectivity index (χ0n) is 14.6. The number of nitrogens with two attached hydrogens (primary N) is 1. The molecule has 6 heteroatoms. The van der Waals surface area contributed by atoms with E-state index in [0.29, 0.717) is 31.9 Å². The molecule has 1 aliphatic heterocycles. The number of carbonyl (C=O) groups excluding carboxylic acids is 1. The summed E-state index contributed by atoms with van der Waals surface area (Å²) >= 11 is 1.63. The molecule has 1 amide bonds. The van der Waals surface area contributed by atoms with E-state index in [4.69, 9.17) is 15.2 Å². The number of fused-ring (bicyclic) bond motifs is 1. The average Bonchev–Trinajstić information content (AvgIpc) is 2.92. The standard InChI is InChI=1S/C20H24N2O3S/c21-17(15-5-2-1-3-6-15)14-22-20(23)9-12-26-16-7-8-18-19(13-16)25-11-4-10-24-18/h1-3,5-8,13,17H,4,9-12,14,21H2,(H,22,23). The van der Waals surface area contributed by atoms with Crippen molar-refractivity contribution in [2.24, 2.45) is 5.73 Å². The molecule has 5 nitrogen and oxygen atoms in total. The van der Waals surface area contributed by atoms with Crippen molar-refractivity contribution in [3.8, 4) is 11.5 Å². The smallest absolute Gasteiger partial charge is 0.220 e. The van der Waals surface area contributed by atoms with Crippen molar-refractivity contribution < 1.29 is 14.3 Å². The van der Waals surface area contributed by atoms with Crippen molar-refractivity contribution in [2.75, 3.05) is 25.5 Å². The highest BCUT2D eigenvalue weighted by molar-refractivity contribution is 7.99. The fourth-order valence-electron chi connectivity index (χ4n) is 2.63. The third-order valence-electron chi connectivity index (χ3n) is 4.06. The maximum atomic E-state index is 12.0. The molecular weight excluding hydrogens is 348 g/mol. The molecule has 0 bridgehead atoms. The summed E-state index contributed by atoms with van der Waals surface area (Å²) in [5.41, 5.74) is 7.12. The van der Waals surface area contributed by atoms with Gasteiger partial charge in [0.25, 0.3) is 0 Å². The SMILES string of the molecule is NC(CNC(=O)CCSc1ccc2c(c1)OCCCO2)c1ccccc1. The van der Waals surface area contributed by atoms with Gasteiger partial charge >= 0.3 is 0 Å². The maximum absolute atomic E-state index is 12.0. The highest BCUT2D eigenvalue weighted by Gasteiger charge is 2.12. The molecule has 0 aliphatic carbocycles. The number of ether oxygens (including phenoxy) is 2. The summed E-state index contributed by atoms with van der Waals surface area (Å²) in [5.74, 6) is 2.29. The van der Waals surface area contributed by atoms with Gasteiger partial charge in [-0.15, -0.1) is 11.8 Å². The number of carbonyl (C=O) groups is 1. The lowest BCUT2D eigenvalue weighted by molar-refractivity contribution is -0.120. The Hall–Kier alpha value is -2.18. The van der Waals surface area contributed by atoms with Gasteiger partial charge in [0.1, 0.15) is 0 Å². The van der Waals surface area contributed by atoms with Crippen LogP contribution in [0.3, 0.4) is 0 Å². The molecule has 0 saturated heterocycles. The quantitative estimate of drug-likeness (QED) is 0.731.